The van der Waals surface area contributed by atoms with Crippen molar-refractivity contribution in [3.05, 3.63) is 40.8 Å². The van der Waals surface area contributed by atoms with Crippen LogP contribution in [0.25, 0.3) is 22.1 Å². The van der Waals surface area contributed by atoms with Crippen molar-refractivity contribution in [2.45, 2.75) is 30.7 Å². The number of hydrogen-bond donors (Lipinski definition) is 8. The maximum atomic E-state index is 12.8. The summed E-state index contributed by atoms with van der Waals surface area (Å²) in [5, 5.41) is 79.3. The van der Waals surface area contributed by atoms with E-state index in [1.807, 2.05) is 0 Å². The number of rotatable bonds is 4. The van der Waals surface area contributed by atoms with E-state index in [1.165, 1.54) is 6.07 Å². The summed E-state index contributed by atoms with van der Waals surface area (Å²) < 4.78 is 15.9. The highest BCUT2D eigenvalue weighted by Gasteiger charge is 2.45. The van der Waals surface area contributed by atoms with Gasteiger partial charge < -0.3 is 54.7 Å². The van der Waals surface area contributed by atoms with Gasteiger partial charge in [0.05, 0.1) is 12.0 Å². The SMILES string of the molecule is O=c1oc2cc(O)cc(O)c2c(-c2ccc(O)c(O)c2)c1O[C@H]1O[C@@H](CO)[C@H](O)[C@@H](O)[C@@H]1O. The van der Waals surface area contributed by atoms with Gasteiger partial charge in [0.15, 0.2) is 11.5 Å². The molecule has 0 saturated carbocycles. The number of aliphatic hydroxyl groups is 4. The van der Waals surface area contributed by atoms with Crippen LogP contribution < -0.4 is 10.4 Å². The Morgan fingerprint density at radius 1 is 0.879 bits per heavy atom. The average Bonchev–Trinajstić information content (AvgIpc) is 2.76. The van der Waals surface area contributed by atoms with E-state index in [0.717, 1.165) is 24.3 Å². The number of phenols is 4. The summed E-state index contributed by atoms with van der Waals surface area (Å²) >= 11 is 0. The lowest BCUT2D eigenvalue weighted by Crippen LogP contribution is -2.60. The lowest BCUT2D eigenvalue weighted by molar-refractivity contribution is -0.277. The molecule has 0 spiro atoms. The topological polar surface area (TPSA) is 211 Å². The largest absolute Gasteiger partial charge is 0.508 e. The van der Waals surface area contributed by atoms with E-state index < -0.39 is 71.7 Å². The van der Waals surface area contributed by atoms with Gasteiger partial charge in [-0.1, -0.05) is 6.07 Å². The number of hydrogen-bond acceptors (Lipinski definition) is 12. The zero-order valence-electron chi connectivity index (χ0n) is 16.7. The third kappa shape index (κ3) is 3.90. The molecule has 3 aromatic rings. The van der Waals surface area contributed by atoms with Crippen LogP contribution in [0.15, 0.2) is 39.5 Å². The summed E-state index contributed by atoms with van der Waals surface area (Å²) in [6.45, 7) is -0.740. The Morgan fingerprint density at radius 3 is 2.27 bits per heavy atom. The highest BCUT2D eigenvalue weighted by molar-refractivity contribution is 6.01. The van der Waals surface area contributed by atoms with Gasteiger partial charge in [-0.15, -0.1) is 0 Å². The Hall–Kier alpha value is -3.55. The van der Waals surface area contributed by atoms with Gasteiger partial charge in [-0.25, -0.2) is 4.79 Å². The van der Waals surface area contributed by atoms with E-state index in [-0.39, 0.29) is 22.1 Å². The van der Waals surface area contributed by atoms with Crippen molar-refractivity contribution in [2.75, 3.05) is 6.61 Å². The van der Waals surface area contributed by atoms with Gasteiger partial charge in [-0.3, -0.25) is 0 Å². The van der Waals surface area contributed by atoms with E-state index in [2.05, 4.69) is 0 Å². The van der Waals surface area contributed by atoms with Gasteiger partial charge in [-0.2, -0.15) is 0 Å². The fourth-order valence-electron chi connectivity index (χ4n) is 3.62. The number of aliphatic hydroxyl groups excluding tert-OH is 4. The molecule has 2 aromatic carbocycles. The van der Waals surface area contributed by atoms with Gasteiger partial charge in [0.2, 0.25) is 12.0 Å². The van der Waals surface area contributed by atoms with Crippen LogP contribution in [0.2, 0.25) is 0 Å². The molecule has 12 heteroatoms. The van der Waals surface area contributed by atoms with Crippen LogP contribution in [-0.2, 0) is 4.74 Å². The fraction of sp³-hybridized carbons (Fsp3) is 0.286. The minimum Gasteiger partial charge on any atom is -0.508 e. The number of aromatic hydroxyl groups is 4. The molecule has 176 valence electrons. The molecule has 0 unspecified atom stereocenters. The summed E-state index contributed by atoms with van der Waals surface area (Å²) in [5.41, 5.74) is -1.50. The Bertz CT molecular complexity index is 1250. The Morgan fingerprint density at radius 2 is 1.61 bits per heavy atom. The molecule has 0 bridgehead atoms. The molecule has 0 amide bonds. The second kappa shape index (κ2) is 8.42. The molecule has 4 rings (SSSR count). The zero-order valence-corrected chi connectivity index (χ0v) is 16.7. The fourth-order valence-corrected chi connectivity index (χ4v) is 3.62. The molecule has 2 heterocycles. The van der Waals surface area contributed by atoms with E-state index in [1.54, 1.807) is 0 Å². The Labute approximate surface area is 184 Å². The van der Waals surface area contributed by atoms with E-state index >= 15 is 0 Å². The summed E-state index contributed by atoms with van der Waals surface area (Å²) in [6.07, 6.45) is -8.40. The van der Waals surface area contributed by atoms with E-state index in [9.17, 15) is 45.6 Å². The molecule has 1 aliphatic rings. The monoisotopic (exact) mass is 464 g/mol. The first-order valence-electron chi connectivity index (χ1n) is 9.64. The molecule has 1 saturated heterocycles. The standard InChI is InChI=1S/C21H20O12/c22-6-13-16(27)17(28)18(29)21(32-13)33-19-14(7-1-2-9(24)10(25)3-7)15-11(26)4-8(23)5-12(15)31-20(19)30/h1-5,13,16-18,21-29H,6H2/t13-,16-,17+,18-,21+/m0/s1. The zero-order chi connectivity index (χ0) is 24.0. The van der Waals surface area contributed by atoms with Crippen LogP contribution in [0.5, 0.6) is 28.7 Å². The molecule has 33 heavy (non-hydrogen) atoms. The molecule has 5 atom stereocenters. The normalized spacial score (nSPS) is 25.3. The molecule has 1 aromatic heterocycles. The van der Waals surface area contributed by atoms with E-state index in [4.69, 9.17) is 13.9 Å². The van der Waals surface area contributed by atoms with Crippen molar-refractivity contribution in [3.8, 4) is 39.9 Å². The molecule has 0 aliphatic carbocycles. The lowest BCUT2D eigenvalue weighted by atomic mass is 9.98. The quantitative estimate of drug-likeness (QED) is 0.181. The minimum atomic E-state index is -1.85. The van der Waals surface area contributed by atoms with Crippen LogP contribution >= 0.6 is 0 Å². The number of fused-ring (bicyclic) bond motifs is 1. The van der Waals surface area contributed by atoms with Crippen LogP contribution in [-0.4, -0.2) is 78.2 Å². The van der Waals surface area contributed by atoms with Gasteiger partial charge in [-0.05, 0) is 17.7 Å². The van der Waals surface area contributed by atoms with Gasteiger partial charge >= 0.3 is 5.63 Å². The van der Waals surface area contributed by atoms with Gasteiger partial charge in [0.1, 0.15) is 41.5 Å². The van der Waals surface area contributed by atoms with Crippen molar-refractivity contribution in [1.29, 1.82) is 0 Å². The second-order valence-corrected chi connectivity index (χ2v) is 7.45. The van der Waals surface area contributed by atoms with Crippen molar-refractivity contribution in [1.82, 2.24) is 0 Å². The predicted molar refractivity (Wildman–Crippen MR) is 109 cm³/mol. The van der Waals surface area contributed by atoms with Gasteiger partial charge in [0, 0.05) is 17.7 Å². The van der Waals surface area contributed by atoms with Crippen molar-refractivity contribution in [3.63, 3.8) is 0 Å². The number of phenolic OH excluding ortho intramolecular Hbond substituents is 4. The molecular weight excluding hydrogens is 444 g/mol. The van der Waals surface area contributed by atoms with Crippen LogP contribution in [0.3, 0.4) is 0 Å². The number of benzene rings is 2. The summed E-state index contributed by atoms with van der Waals surface area (Å²) in [5.74, 6) is -2.60. The van der Waals surface area contributed by atoms with Crippen LogP contribution in [0.4, 0.5) is 0 Å². The summed E-state index contributed by atoms with van der Waals surface area (Å²) in [4.78, 5) is 12.8. The van der Waals surface area contributed by atoms with Crippen molar-refractivity contribution in [2.24, 2.45) is 0 Å². The Balaban J connectivity index is 1.93. The molecule has 1 fully saturated rings. The average molecular weight is 464 g/mol. The summed E-state index contributed by atoms with van der Waals surface area (Å²) in [6, 6.07) is 5.48. The maximum Gasteiger partial charge on any atom is 0.379 e. The first-order chi connectivity index (χ1) is 15.6. The maximum absolute atomic E-state index is 12.8. The third-order valence-corrected chi connectivity index (χ3v) is 5.28. The molecule has 8 N–H and O–H groups in total. The molecular formula is C21H20O12. The minimum absolute atomic E-state index is 0.0591. The van der Waals surface area contributed by atoms with Crippen molar-refractivity contribution >= 4 is 11.0 Å². The second-order valence-electron chi connectivity index (χ2n) is 7.45. The smallest absolute Gasteiger partial charge is 0.379 e. The van der Waals surface area contributed by atoms with Crippen LogP contribution in [0.1, 0.15) is 0 Å². The molecule has 1 aliphatic heterocycles. The van der Waals surface area contributed by atoms with Crippen LogP contribution in [0, 0.1) is 0 Å². The highest BCUT2D eigenvalue weighted by atomic mass is 16.7. The molecule has 0 radical (unpaired) electrons. The van der Waals surface area contributed by atoms with Gasteiger partial charge in [0.25, 0.3) is 0 Å². The number of ether oxygens (including phenoxy) is 2. The Kier molecular flexibility index (Phi) is 5.78. The lowest BCUT2D eigenvalue weighted by Gasteiger charge is -2.39. The third-order valence-electron chi connectivity index (χ3n) is 5.28. The predicted octanol–water partition coefficient (Wildman–Crippen LogP) is -0.539. The first-order valence-corrected chi connectivity index (χ1v) is 9.64. The first kappa shape index (κ1) is 22.6. The van der Waals surface area contributed by atoms with E-state index in [0.29, 0.717) is 0 Å². The highest BCUT2D eigenvalue weighted by Crippen LogP contribution is 2.43. The molecule has 12 nitrogen and oxygen atoms in total. The summed E-state index contributed by atoms with van der Waals surface area (Å²) in [7, 11) is 0. The van der Waals surface area contributed by atoms with Crippen molar-refractivity contribution < 1.29 is 54.7 Å².